The van der Waals surface area contributed by atoms with E-state index < -0.39 is 12.3 Å². The number of benzene rings is 1. The van der Waals surface area contributed by atoms with Gasteiger partial charge in [0.25, 0.3) is 0 Å². The predicted octanol–water partition coefficient (Wildman–Crippen LogP) is 3.32. The second kappa shape index (κ2) is 13.7. The number of allylic oxidation sites excluding steroid dienone is 3. The number of thioether (sulfide) groups is 1. The smallest absolute Gasteiger partial charge is 0.406 e. The molecular formula is C26H28F3N7O3S. The summed E-state index contributed by atoms with van der Waals surface area (Å²) in [6, 6.07) is 10.7. The fraction of sp³-hybridized carbons (Fsp3) is 0.308. The number of hydrazone groups is 1. The van der Waals surface area contributed by atoms with Crippen molar-refractivity contribution >= 4 is 28.7 Å². The Bertz CT molecular complexity index is 1290. The van der Waals surface area contributed by atoms with E-state index >= 15 is 0 Å². The molecule has 1 atom stereocenters. The number of unbranched alkanes of at least 4 members (excludes halogenated alkanes) is 1. The fourth-order valence-electron chi connectivity index (χ4n) is 3.84. The lowest BCUT2D eigenvalue weighted by molar-refractivity contribution is -0.274. The van der Waals surface area contributed by atoms with Crippen LogP contribution in [0.25, 0.3) is 0 Å². The molecule has 2 amide bonds. The molecule has 5 N–H and O–H groups in total. The van der Waals surface area contributed by atoms with Gasteiger partial charge in [-0.15, -0.1) is 13.2 Å². The number of hydrogen-bond acceptors (Lipinski definition) is 9. The first-order valence-electron chi connectivity index (χ1n) is 12.5. The summed E-state index contributed by atoms with van der Waals surface area (Å²) in [5.74, 6) is -0.500. The van der Waals surface area contributed by atoms with E-state index in [0.717, 1.165) is 31.4 Å². The zero-order chi connectivity index (χ0) is 28.4. The molecule has 0 saturated heterocycles. The highest BCUT2D eigenvalue weighted by Crippen LogP contribution is 2.24. The van der Waals surface area contributed by atoms with Gasteiger partial charge in [-0.1, -0.05) is 36.4 Å². The number of nitrogens with zero attached hydrogens (tertiary/aromatic N) is 2. The molecule has 0 bridgehead atoms. The molecule has 10 nitrogen and oxygen atoms in total. The number of halogens is 3. The zero-order valence-electron chi connectivity index (χ0n) is 21.3. The van der Waals surface area contributed by atoms with Crippen LogP contribution in [-0.4, -0.2) is 33.7 Å². The molecule has 0 aliphatic carbocycles. The Morgan fingerprint density at radius 2 is 1.85 bits per heavy atom. The third-order valence-corrected chi connectivity index (χ3v) is 6.66. The van der Waals surface area contributed by atoms with Crippen LogP contribution in [0.4, 0.5) is 13.2 Å². The summed E-state index contributed by atoms with van der Waals surface area (Å²) >= 11 is 1.48. The standard InChI is InChI=1S/C26H28F3N7O3S/c27-26(28,29)39-20-9-5-6-17(14-20)15-22(37)31-21-12-11-18(33-34-21)7-1-2-10-24-35-36-25(40-24)32-23(38)16-19-8-3-4-13-30-19/h3-6,8-9,11-14,24,33-35H,1-2,7,10,15-16H2,(H,31,37)(H,32,36,38). The van der Waals surface area contributed by atoms with E-state index in [1.54, 1.807) is 30.5 Å². The number of alkyl halides is 3. The lowest BCUT2D eigenvalue weighted by Gasteiger charge is -2.20. The summed E-state index contributed by atoms with van der Waals surface area (Å²) in [7, 11) is 0. The SMILES string of the molecule is O=C(Cc1cccc(OC(F)(F)F)c1)NC1=CC=C(CCCCC2NN=C(NC(=O)Cc3ccccn3)S2)NN1. The molecule has 2 aliphatic heterocycles. The number of pyridine rings is 1. The van der Waals surface area contributed by atoms with Gasteiger partial charge < -0.3 is 20.8 Å². The number of amidine groups is 1. The third kappa shape index (κ3) is 9.84. The molecule has 2 aliphatic rings. The minimum Gasteiger partial charge on any atom is -0.406 e. The van der Waals surface area contributed by atoms with E-state index in [2.05, 4.69) is 41.7 Å². The largest absolute Gasteiger partial charge is 0.573 e. The van der Waals surface area contributed by atoms with Crippen LogP contribution in [0.5, 0.6) is 5.75 Å². The number of nitrogens with one attached hydrogen (secondary N) is 5. The Labute approximate surface area is 232 Å². The van der Waals surface area contributed by atoms with Crippen LogP contribution in [0.1, 0.15) is 36.9 Å². The van der Waals surface area contributed by atoms with Gasteiger partial charge in [0.15, 0.2) is 5.17 Å². The maximum Gasteiger partial charge on any atom is 0.573 e. The van der Waals surface area contributed by atoms with Gasteiger partial charge in [-0.25, -0.2) is 0 Å². The highest BCUT2D eigenvalue weighted by molar-refractivity contribution is 8.14. The van der Waals surface area contributed by atoms with Gasteiger partial charge in [-0.3, -0.25) is 25.4 Å². The highest BCUT2D eigenvalue weighted by atomic mass is 32.2. The van der Waals surface area contributed by atoms with Crippen LogP contribution in [0, 0.1) is 0 Å². The van der Waals surface area contributed by atoms with E-state index in [1.165, 1.54) is 30.0 Å². The molecule has 14 heteroatoms. The molecule has 4 rings (SSSR count). The molecule has 0 spiro atoms. The Kier molecular flexibility index (Phi) is 9.89. The van der Waals surface area contributed by atoms with Crippen molar-refractivity contribution in [2.24, 2.45) is 5.10 Å². The maximum absolute atomic E-state index is 12.4. The quantitative estimate of drug-likeness (QED) is 0.258. The normalized spacial score (nSPS) is 16.4. The molecule has 0 saturated carbocycles. The highest BCUT2D eigenvalue weighted by Gasteiger charge is 2.31. The third-order valence-electron chi connectivity index (χ3n) is 5.62. The first-order valence-corrected chi connectivity index (χ1v) is 13.4. The summed E-state index contributed by atoms with van der Waals surface area (Å²) in [5, 5.41) is 10.3. The van der Waals surface area contributed by atoms with Crippen molar-refractivity contribution in [3.05, 3.63) is 83.6 Å². The molecule has 212 valence electrons. The van der Waals surface area contributed by atoms with Crippen LogP contribution in [0.15, 0.2) is 77.4 Å². The number of carbonyl (C=O) groups excluding carboxylic acids is 2. The van der Waals surface area contributed by atoms with Crippen LogP contribution < -0.4 is 31.6 Å². The zero-order valence-corrected chi connectivity index (χ0v) is 22.1. The number of rotatable bonds is 11. The Morgan fingerprint density at radius 3 is 2.60 bits per heavy atom. The Hall–Kier alpha value is -4.20. The Morgan fingerprint density at radius 1 is 1.00 bits per heavy atom. The molecule has 0 fully saturated rings. The van der Waals surface area contributed by atoms with Crippen molar-refractivity contribution in [1.82, 2.24) is 31.9 Å². The maximum atomic E-state index is 12.4. The summed E-state index contributed by atoms with van der Waals surface area (Å²) in [5.41, 5.74) is 11.0. The van der Waals surface area contributed by atoms with Gasteiger partial charge in [0.1, 0.15) is 11.6 Å². The van der Waals surface area contributed by atoms with Gasteiger partial charge in [-0.2, -0.15) is 5.10 Å². The fourth-order valence-corrected chi connectivity index (χ4v) is 4.78. The summed E-state index contributed by atoms with van der Waals surface area (Å²) in [6.45, 7) is 0. The lowest BCUT2D eigenvalue weighted by Crippen LogP contribution is -2.41. The minimum atomic E-state index is -4.79. The van der Waals surface area contributed by atoms with Gasteiger partial charge in [0.2, 0.25) is 11.8 Å². The average molecular weight is 576 g/mol. The number of ether oxygens (including phenoxy) is 1. The van der Waals surface area contributed by atoms with Crippen molar-refractivity contribution in [1.29, 1.82) is 0 Å². The van der Waals surface area contributed by atoms with E-state index in [9.17, 15) is 22.8 Å². The number of hydrogen-bond donors (Lipinski definition) is 5. The van der Waals surface area contributed by atoms with E-state index in [1.807, 2.05) is 12.1 Å². The predicted molar refractivity (Wildman–Crippen MR) is 144 cm³/mol. The molecule has 2 aromatic rings. The second-order valence-electron chi connectivity index (χ2n) is 8.89. The summed E-state index contributed by atoms with van der Waals surface area (Å²) < 4.78 is 41.1. The number of aromatic nitrogens is 1. The van der Waals surface area contributed by atoms with Crippen LogP contribution >= 0.6 is 11.8 Å². The summed E-state index contributed by atoms with van der Waals surface area (Å²) in [4.78, 5) is 28.6. The second-order valence-corrected chi connectivity index (χ2v) is 10.1. The van der Waals surface area contributed by atoms with Gasteiger partial charge in [0, 0.05) is 17.6 Å². The van der Waals surface area contributed by atoms with Gasteiger partial charge in [-0.05, 0) is 61.2 Å². The number of hydrazine groups is 1. The summed E-state index contributed by atoms with van der Waals surface area (Å²) in [6.07, 6.45) is 3.98. The molecule has 3 heterocycles. The first kappa shape index (κ1) is 28.8. The minimum absolute atomic E-state index is 0.0824. The Balaban J connectivity index is 1.11. The topological polar surface area (TPSA) is 129 Å². The first-order chi connectivity index (χ1) is 19.2. The van der Waals surface area contributed by atoms with Crippen molar-refractivity contribution in [3.8, 4) is 5.75 Å². The van der Waals surface area contributed by atoms with Crippen molar-refractivity contribution in [3.63, 3.8) is 0 Å². The van der Waals surface area contributed by atoms with E-state index in [-0.39, 0.29) is 29.9 Å². The van der Waals surface area contributed by atoms with Crippen LogP contribution in [0.2, 0.25) is 0 Å². The molecule has 0 radical (unpaired) electrons. The number of amides is 2. The van der Waals surface area contributed by atoms with E-state index in [4.69, 9.17) is 0 Å². The van der Waals surface area contributed by atoms with Gasteiger partial charge in [0.05, 0.1) is 18.2 Å². The van der Waals surface area contributed by atoms with Gasteiger partial charge >= 0.3 is 6.36 Å². The molecular weight excluding hydrogens is 547 g/mol. The number of carbonyl (C=O) groups is 2. The van der Waals surface area contributed by atoms with Crippen molar-refractivity contribution in [2.45, 2.75) is 50.3 Å². The van der Waals surface area contributed by atoms with Crippen LogP contribution in [0.3, 0.4) is 0 Å². The molecule has 1 unspecified atom stereocenters. The van der Waals surface area contributed by atoms with E-state index in [0.29, 0.717) is 22.2 Å². The average Bonchev–Trinajstić information content (AvgIpc) is 3.34. The van der Waals surface area contributed by atoms with Crippen LogP contribution in [-0.2, 0) is 22.4 Å². The monoisotopic (exact) mass is 575 g/mol. The van der Waals surface area contributed by atoms with Crippen molar-refractivity contribution in [2.75, 3.05) is 0 Å². The lowest BCUT2D eigenvalue weighted by atomic mass is 10.1. The molecule has 1 aromatic heterocycles. The van der Waals surface area contributed by atoms with Crippen molar-refractivity contribution < 1.29 is 27.5 Å². The molecule has 40 heavy (non-hydrogen) atoms. The molecule has 1 aromatic carbocycles.